The third kappa shape index (κ3) is 4.11. The fraction of sp³-hybridized carbons (Fsp3) is 0.400. The minimum absolute atomic E-state index is 0.175. The molecule has 2 aromatic heterocycles. The molecule has 118 valence electrons. The van der Waals surface area contributed by atoms with Gasteiger partial charge in [0.25, 0.3) is 0 Å². The summed E-state index contributed by atoms with van der Waals surface area (Å²) in [6.45, 7) is 0. The molecular formula is C15H17N7O. The van der Waals surface area contributed by atoms with Gasteiger partial charge in [0.1, 0.15) is 29.9 Å². The number of anilines is 3. The topological polar surface area (TPSA) is 120 Å². The molecule has 8 nitrogen and oxygen atoms in total. The Hall–Kier alpha value is -2.79. The number of nitrogens with one attached hydrogen (secondary N) is 2. The molecule has 8 heteroatoms. The van der Waals surface area contributed by atoms with Crippen molar-refractivity contribution in [2.24, 2.45) is 0 Å². The molecule has 0 bridgehead atoms. The Bertz CT molecular complexity index is 690. The van der Waals surface area contributed by atoms with Crippen LogP contribution in [0.1, 0.15) is 31.4 Å². The van der Waals surface area contributed by atoms with Gasteiger partial charge in [-0.1, -0.05) is 0 Å². The van der Waals surface area contributed by atoms with E-state index in [0.717, 1.165) is 31.5 Å². The summed E-state index contributed by atoms with van der Waals surface area (Å²) in [5.74, 6) is 1.83. The van der Waals surface area contributed by atoms with Crippen LogP contribution in [0.5, 0.6) is 0 Å². The zero-order chi connectivity index (χ0) is 16.1. The molecule has 0 saturated heterocycles. The van der Waals surface area contributed by atoms with E-state index in [4.69, 9.17) is 5.26 Å². The first-order chi connectivity index (χ1) is 11.2. The first-order valence-corrected chi connectivity index (χ1v) is 7.49. The van der Waals surface area contributed by atoms with E-state index < -0.39 is 0 Å². The van der Waals surface area contributed by atoms with Crippen LogP contribution in [0.25, 0.3) is 0 Å². The predicted octanol–water partition coefficient (Wildman–Crippen LogP) is 1.60. The predicted molar refractivity (Wildman–Crippen MR) is 83.9 cm³/mol. The lowest BCUT2D eigenvalue weighted by atomic mass is 9.93. The fourth-order valence-corrected chi connectivity index (χ4v) is 2.52. The number of aromatic nitrogens is 4. The molecule has 1 aliphatic rings. The molecule has 3 rings (SSSR count). The van der Waals surface area contributed by atoms with Gasteiger partial charge in [-0.15, -0.1) is 0 Å². The summed E-state index contributed by atoms with van der Waals surface area (Å²) in [5.41, 5.74) is 0.264. The van der Waals surface area contributed by atoms with Gasteiger partial charge in [-0.2, -0.15) is 5.26 Å². The summed E-state index contributed by atoms with van der Waals surface area (Å²) < 4.78 is 0. The average molecular weight is 311 g/mol. The standard InChI is InChI=1S/C15H17N7O/c16-6-11-7-18-15(8-17-11)22-14-5-13(19-9-20-14)21-10-1-3-12(23)4-2-10/h5,7-10,12,23H,1-4H2,(H2,18,19,20,21,22). The molecule has 3 N–H and O–H groups in total. The molecule has 0 radical (unpaired) electrons. The first kappa shape index (κ1) is 15.1. The van der Waals surface area contributed by atoms with Crippen LogP contribution in [-0.2, 0) is 0 Å². The lowest BCUT2D eigenvalue weighted by Crippen LogP contribution is -2.28. The van der Waals surface area contributed by atoms with Crippen molar-refractivity contribution in [2.45, 2.75) is 37.8 Å². The third-order valence-electron chi connectivity index (χ3n) is 3.74. The number of aliphatic hydroxyl groups is 1. The SMILES string of the molecule is N#Cc1cnc(Nc2cc(NC3CCC(O)CC3)ncn2)cn1. The third-order valence-corrected chi connectivity index (χ3v) is 3.74. The van der Waals surface area contributed by atoms with Gasteiger partial charge >= 0.3 is 0 Å². The number of nitriles is 1. The first-order valence-electron chi connectivity index (χ1n) is 7.49. The van der Waals surface area contributed by atoms with Gasteiger partial charge in [0.2, 0.25) is 0 Å². The van der Waals surface area contributed by atoms with Gasteiger partial charge in [-0.05, 0) is 25.7 Å². The Kier molecular flexibility index (Phi) is 4.59. The zero-order valence-corrected chi connectivity index (χ0v) is 12.5. The molecule has 0 aliphatic heterocycles. The van der Waals surface area contributed by atoms with Crippen LogP contribution >= 0.6 is 0 Å². The van der Waals surface area contributed by atoms with Crippen molar-refractivity contribution in [3.05, 3.63) is 30.5 Å². The van der Waals surface area contributed by atoms with E-state index in [1.807, 2.05) is 6.07 Å². The molecule has 0 amide bonds. The summed E-state index contributed by atoms with van der Waals surface area (Å²) in [4.78, 5) is 16.4. The van der Waals surface area contributed by atoms with Gasteiger partial charge in [0.05, 0.1) is 18.5 Å². The normalized spacial score (nSPS) is 20.5. The molecule has 0 atom stereocenters. The maximum Gasteiger partial charge on any atom is 0.158 e. The van der Waals surface area contributed by atoms with Crippen LogP contribution in [0.4, 0.5) is 17.5 Å². The smallest absolute Gasteiger partial charge is 0.158 e. The summed E-state index contributed by atoms with van der Waals surface area (Å²) in [6.07, 6.45) is 7.66. The van der Waals surface area contributed by atoms with Crippen molar-refractivity contribution in [3.63, 3.8) is 0 Å². The van der Waals surface area contributed by atoms with Gasteiger partial charge in [-0.3, -0.25) is 0 Å². The molecule has 0 unspecified atom stereocenters. The number of hydrogen-bond donors (Lipinski definition) is 3. The van der Waals surface area contributed by atoms with Gasteiger partial charge in [0.15, 0.2) is 5.69 Å². The average Bonchev–Trinajstić information content (AvgIpc) is 2.58. The second kappa shape index (κ2) is 6.98. The van der Waals surface area contributed by atoms with Crippen molar-refractivity contribution >= 4 is 17.5 Å². The minimum atomic E-state index is -0.175. The van der Waals surface area contributed by atoms with E-state index in [-0.39, 0.29) is 11.8 Å². The van der Waals surface area contributed by atoms with Gasteiger partial charge in [-0.25, -0.2) is 19.9 Å². The second-order valence-corrected chi connectivity index (χ2v) is 5.46. The van der Waals surface area contributed by atoms with E-state index in [1.54, 1.807) is 6.07 Å². The van der Waals surface area contributed by atoms with E-state index in [2.05, 4.69) is 30.6 Å². The highest BCUT2D eigenvalue weighted by atomic mass is 16.3. The van der Waals surface area contributed by atoms with E-state index >= 15 is 0 Å². The number of hydrogen-bond acceptors (Lipinski definition) is 8. The monoisotopic (exact) mass is 311 g/mol. The van der Waals surface area contributed by atoms with E-state index in [0.29, 0.717) is 17.7 Å². The highest BCUT2D eigenvalue weighted by Crippen LogP contribution is 2.22. The molecular weight excluding hydrogens is 294 g/mol. The second-order valence-electron chi connectivity index (χ2n) is 5.46. The lowest BCUT2D eigenvalue weighted by molar-refractivity contribution is 0.126. The molecule has 1 fully saturated rings. The molecule has 0 spiro atoms. The molecule has 1 saturated carbocycles. The van der Waals surface area contributed by atoms with Gasteiger partial charge in [0, 0.05) is 12.1 Å². The largest absolute Gasteiger partial charge is 0.393 e. The summed E-state index contributed by atoms with van der Waals surface area (Å²) in [7, 11) is 0. The van der Waals surface area contributed by atoms with Crippen molar-refractivity contribution in [2.75, 3.05) is 10.6 Å². The Morgan fingerprint density at radius 3 is 2.48 bits per heavy atom. The summed E-state index contributed by atoms with van der Waals surface area (Å²) in [5, 5.41) is 24.6. The number of nitrogens with zero attached hydrogens (tertiary/aromatic N) is 5. The lowest BCUT2D eigenvalue weighted by Gasteiger charge is -2.26. The molecule has 2 aromatic rings. The van der Waals surface area contributed by atoms with Crippen molar-refractivity contribution in [3.8, 4) is 6.07 Å². The Morgan fingerprint density at radius 2 is 1.78 bits per heavy atom. The Morgan fingerprint density at radius 1 is 1.00 bits per heavy atom. The Balaban J connectivity index is 1.63. The molecule has 0 aromatic carbocycles. The maximum absolute atomic E-state index is 9.54. The van der Waals surface area contributed by atoms with Crippen LogP contribution in [0.3, 0.4) is 0 Å². The van der Waals surface area contributed by atoms with Gasteiger partial charge < -0.3 is 15.7 Å². The highest BCUT2D eigenvalue weighted by molar-refractivity contribution is 5.55. The maximum atomic E-state index is 9.54. The molecule has 2 heterocycles. The highest BCUT2D eigenvalue weighted by Gasteiger charge is 2.19. The zero-order valence-electron chi connectivity index (χ0n) is 12.5. The summed E-state index contributed by atoms with van der Waals surface area (Å²) >= 11 is 0. The van der Waals surface area contributed by atoms with Crippen LogP contribution in [0.2, 0.25) is 0 Å². The number of aliphatic hydroxyl groups excluding tert-OH is 1. The fourth-order valence-electron chi connectivity index (χ4n) is 2.52. The van der Waals surface area contributed by atoms with Crippen LogP contribution in [0.15, 0.2) is 24.8 Å². The Labute approximate surface area is 133 Å². The van der Waals surface area contributed by atoms with Crippen molar-refractivity contribution in [1.29, 1.82) is 5.26 Å². The van der Waals surface area contributed by atoms with Crippen LogP contribution < -0.4 is 10.6 Å². The van der Waals surface area contributed by atoms with Crippen LogP contribution in [0, 0.1) is 11.3 Å². The molecule has 23 heavy (non-hydrogen) atoms. The quantitative estimate of drug-likeness (QED) is 0.778. The van der Waals surface area contributed by atoms with Crippen molar-refractivity contribution < 1.29 is 5.11 Å². The minimum Gasteiger partial charge on any atom is -0.393 e. The summed E-state index contributed by atoms with van der Waals surface area (Å²) in [6, 6.07) is 4.03. The van der Waals surface area contributed by atoms with Crippen molar-refractivity contribution in [1.82, 2.24) is 19.9 Å². The van der Waals surface area contributed by atoms with E-state index in [9.17, 15) is 5.11 Å². The van der Waals surface area contributed by atoms with E-state index in [1.165, 1.54) is 18.7 Å². The van der Waals surface area contributed by atoms with Crippen LogP contribution in [-0.4, -0.2) is 37.2 Å². The molecule has 1 aliphatic carbocycles. The number of rotatable bonds is 4.